The summed E-state index contributed by atoms with van der Waals surface area (Å²) in [6.45, 7) is 1.52. The first-order valence-corrected chi connectivity index (χ1v) is 10.0. The first-order valence-electron chi connectivity index (χ1n) is 9.03. The number of piperidine rings is 1. The van der Waals surface area contributed by atoms with Gasteiger partial charge in [-0.1, -0.05) is 42.1 Å². The van der Waals surface area contributed by atoms with Crippen LogP contribution in [-0.2, 0) is 11.2 Å². The Balaban J connectivity index is 1.56. The lowest BCUT2D eigenvalue weighted by Gasteiger charge is -2.42. The molecule has 1 N–H and O–H groups in total. The third-order valence-corrected chi connectivity index (χ3v) is 5.86. The summed E-state index contributed by atoms with van der Waals surface area (Å²) >= 11 is 1.36. The lowest BCUT2D eigenvalue weighted by atomic mass is 9.76. The molecular formula is C20H25N3O2S. The van der Waals surface area contributed by atoms with E-state index in [-0.39, 0.29) is 17.9 Å². The van der Waals surface area contributed by atoms with Crippen molar-refractivity contribution in [1.82, 2.24) is 14.9 Å². The first kappa shape index (κ1) is 18.9. The quantitative estimate of drug-likeness (QED) is 0.599. The number of nitrogens with zero attached hydrogens (tertiary/aromatic N) is 3. The number of aromatic nitrogens is 2. The molecule has 2 aromatic rings. The number of aliphatic hydroxyl groups is 1. The lowest BCUT2D eigenvalue weighted by Crippen LogP contribution is -2.48. The zero-order valence-electron chi connectivity index (χ0n) is 14.9. The molecular weight excluding hydrogens is 346 g/mol. The van der Waals surface area contributed by atoms with Crippen molar-refractivity contribution in [3.63, 3.8) is 0 Å². The number of amides is 1. The van der Waals surface area contributed by atoms with E-state index in [0.29, 0.717) is 17.5 Å². The van der Waals surface area contributed by atoms with Crippen molar-refractivity contribution in [3.05, 3.63) is 54.4 Å². The molecule has 1 unspecified atom stereocenters. The lowest BCUT2D eigenvalue weighted by molar-refractivity contribution is -0.132. The number of hydrogen-bond donors (Lipinski definition) is 1. The molecule has 0 saturated carbocycles. The maximum Gasteiger partial charge on any atom is 0.233 e. The maximum atomic E-state index is 12.6. The molecule has 2 heterocycles. The van der Waals surface area contributed by atoms with Crippen molar-refractivity contribution in [2.75, 3.05) is 25.4 Å². The van der Waals surface area contributed by atoms with Crippen molar-refractivity contribution >= 4 is 17.7 Å². The van der Waals surface area contributed by atoms with Crippen LogP contribution in [0.25, 0.3) is 0 Å². The highest BCUT2D eigenvalue weighted by Gasteiger charge is 2.36. The highest BCUT2D eigenvalue weighted by atomic mass is 32.2. The molecule has 6 heteroatoms. The molecule has 1 amide bonds. The van der Waals surface area contributed by atoms with Crippen LogP contribution in [0.2, 0.25) is 0 Å². The average molecular weight is 372 g/mol. The largest absolute Gasteiger partial charge is 0.396 e. The summed E-state index contributed by atoms with van der Waals surface area (Å²) in [5.41, 5.74) is 1.08. The molecule has 138 valence electrons. The molecule has 0 aliphatic carbocycles. The van der Waals surface area contributed by atoms with Gasteiger partial charge in [-0.3, -0.25) is 4.79 Å². The molecule has 1 aliphatic heterocycles. The molecule has 1 saturated heterocycles. The number of aryl methyl sites for hydroxylation is 1. The van der Waals surface area contributed by atoms with Gasteiger partial charge < -0.3 is 10.0 Å². The van der Waals surface area contributed by atoms with E-state index in [9.17, 15) is 9.90 Å². The topological polar surface area (TPSA) is 66.3 Å². The van der Waals surface area contributed by atoms with Crippen molar-refractivity contribution < 1.29 is 9.90 Å². The zero-order chi connectivity index (χ0) is 18.2. The maximum absolute atomic E-state index is 12.6. The Labute approximate surface area is 158 Å². The number of carbonyl (C=O) groups is 1. The summed E-state index contributed by atoms with van der Waals surface area (Å²) in [4.78, 5) is 22.8. The van der Waals surface area contributed by atoms with Crippen LogP contribution in [0.15, 0.2) is 53.9 Å². The predicted octanol–water partition coefficient (Wildman–Crippen LogP) is 2.80. The standard InChI is InChI=1S/C20H25N3O2S/c24-16-20(10-8-17-6-2-1-3-7-17)9-4-13-23(15-20)18(25)14-26-19-21-11-5-12-22-19/h1-3,5-7,11-12,24H,4,8-10,13-16H2. The Kier molecular flexibility index (Phi) is 6.63. The van der Waals surface area contributed by atoms with Gasteiger partial charge in [0.1, 0.15) is 0 Å². The molecule has 1 fully saturated rings. The molecule has 0 spiro atoms. The monoisotopic (exact) mass is 371 g/mol. The summed E-state index contributed by atoms with van der Waals surface area (Å²) in [6, 6.07) is 12.1. The Morgan fingerprint density at radius 3 is 2.69 bits per heavy atom. The van der Waals surface area contributed by atoms with Crippen molar-refractivity contribution in [2.24, 2.45) is 5.41 Å². The fourth-order valence-electron chi connectivity index (χ4n) is 3.46. The van der Waals surface area contributed by atoms with Crippen LogP contribution in [0.1, 0.15) is 24.8 Å². The predicted molar refractivity (Wildman–Crippen MR) is 103 cm³/mol. The Morgan fingerprint density at radius 1 is 1.19 bits per heavy atom. The SMILES string of the molecule is O=C(CSc1ncccn1)N1CCCC(CO)(CCc2ccccc2)C1. The Bertz CT molecular complexity index is 699. The number of benzene rings is 1. The van der Waals surface area contributed by atoms with E-state index < -0.39 is 0 Å². The summed E-state index contributed by atoms with van der Waals surface area (Å²) in [6.07, 6.45) is 7.09. The second-order valence-corrected chi connectivity index (χ2v) is 7.83. The minimum Gasteiger partial charge on any atom is -0.396 e. The third kappa shape index (κ3) is 5.05. The van der Waals surface area contributed by atoms with E-state index in [1.165, 1.54) is 17.3 Å². The smallest absolute Gasteiger partial charge is 0.233 e. The van der Waals surface area contributed by atoms with Gasteiger partial charge in [0.25, 0.3) is 0 Å². The third-order valence-electron chi connectivity index (χ3n) is 5.00. The van der Waals surface area contributed by atoms with Crippen LogP contribution in [-0.4, -0.2) is 51.3 Å². The number of thioether (sulfide) groups is 1. The minimum atomic E-state index is -0.197. The van der Waals surface area contributed by atoms with Crippen LogP contribution in [0.4, 0.5) is 0 Å². The van der Waals surface area contributed by atoms with E-state index in [1.54, 1.807) is 18.5 Å². The second-order valence-electron chi connectivity index (χ2n) is 6.88. The molecule has 1 aliphatic rings. The van der Waals surface area contributed by atoms with E-state index in [0.717, 1.165) is 32.2 Å². The molecule has 1 aromatic heterocycles. The highest BCUT2D eigenvalue weighted by molar-refractivity contribution is 7.99. The molecule has 0 bridgehead atoms. The Hall–Kier alpha value is -1.92. The summed E-state index contributed by atoms with van der Waals surface area (Å²) < 4.78 is 0. The van der Waals surface area contributed by atoms with Gasteiger partial charge in [-0.25, -0.2) is 9.97 Å². The molecule has 5 nitrogen and oxygen atoms in total. The minimum absolute atomic E-state index is 0.0969. The summed E-state index contributed by atoms with van der Waals surface area (Å²) in [5.74, 6) is 0.434. The van der Waals surface area contributed by atoms with E-state index >= 15 is 0 Å². The Morgan fingerprint density at radius 2 is 1.96 bits per heavy atom. The molecule has 1 aromatic carbocycles. The summed E-state index contributed by atoms with van der Waals surface area (Å²) in [7, 11) is 0. The van der Waals surface area contributed by atoms with Crippen LogP contribution >= 0.6 is 11.8 Å². The number of likely N-dealkylation sites (tertiary alicyclic amines) is 1. The van der Waals surface area contributed by atoms with Crippen molar-refractivity contribution in [2.45, 2.75) is 30.8 Å². The van der Waals surface area contributed by atoms with Gasteiger partial charge in [0.05, 0.1) is 12.4 Å². The average Bonchev–Trinajstić information content (AvgIpc) is 2.72. The van der Waals surface area contributed by atoms with Gasteiger partial charge in [0.15, 0.2) is 5.16 Å². The number of aliphatic hydroxyl groups excluding tert-OH is 1. The van der Waals surface area contributed by atoms with Crippen molar-refractivity contribution in [1.29, 1.82) is 0 Å². The van der Waals surface area contributed by atoms with Crippen LogP contribution in [0.5, 0.6) is 0 Å². The molecule has 1 atom stereocenters. The van der Waals surface area contributed by atoms with Gasteiger partial charge >= 0.3 is 0 Å². The van der Waals surface area contributed by atoms with E-state index in [4.69, 9.17) is 0 Å². The molecule has 26 heavy (non-hydrogen) atoms. The second kappa shape index (κ2) is 9.14. The summed E-state index contributed by atoms with van der Waals surface area (Å²) in [5, 5.41) is 10.7. The van der Waals surface area contributed by atoms with E-state index in [1.807, 2.05) is 23.1 Å². The van der Waals surface area contributed by atoms with Gasteiger partial charge in [-0.05, 0) is 37.3 Å². The van der Waals surface area contributed by atoms with E-state index in [2.05, 4.69) is 22.1 Å². The molecule has 0 radical (unpaired) electrons. The highest BCUT2D eigenvalue weighted by Crippen LogP contribution is 2.34. The van der Waals surface area contributed by atoms with Crippen LogP contribution < -0.4 is 0 Å². The number of hydrogen-bond acceptors (Lipinski definition) is 5. The zero-order valence-corrected chi connectivity index (χ0v) is 15.7. The van der Waals surface area contributed by atoms with Crippen molar-refractivity contribution in [3.8, 4) is 0 Å². The number of rotatable bonds is 7. The van der Waals surface area contributed by atoms with Gasteiger partial charge in [0.2, 0.25) is 5.91 Å². The fourth-order valence-corrected chi connectivity index (χ4v) is 4.17. The normalized spacial score (nSPS) is 20.1. The van der Waals surface area contributed by atoms with Gasteiger partial charge in [-0.15, -0.1) is 0 Å². The van der Waals surface area contributed by atoms with Gasteiger partial charge in [-0.2, -0.15) is 0 Å². The number of carbonyl (C=O) groups excluding carboxylic acids is 1. The molecule has 3 rings (SSSR count). The first-order chi connectivity index (χ1) is 12.7. The van der Waals surface area contributed by atoms with Crippen LogP contribution in [0.3, 0.4) is 0 Å². The fraction of sp³-hybridized carbons (Fsp3) is 0.450. The van der Waals surface area contributed by atoms with Crippen LogP contribution in [0, 0.1) is 5.41 Å². The van der Waals surface area contributed by atoms with Gasteiger partial charge in [0, 0.05) is 30.9 Å².